The second kappa shape index (κ2) is 7.21. The number of aromatic nitrogens is 1. The van der Waals surface area contributed by atoms with E-state index < -0.39 is 0 Å². The predicted molar refractivity (Wildman–Crippen MR) is 85.5 cm³/mol. The smallest absolute Gasteiger partial charge is 0.123 e. The van der Waals surface area contributed by atoms with E-state index in [0.29, 0.717) is 15.7 Å². The predicted octanol–water partition coefficient (Wildman–Crippen LogP) is 4.92. The van der Waals surface area contributed by atoms with Crippen molar-refractivity contribution in [1.82, 2.24) is 10.3 Å². The van der Waals surface area contributed by atoms with Crippen molar-refractivity contribution in [1.29, 1.82) is 0 Å². The molecule has 1 heterocycles. The highest BCUT2D eigenvalue weighted by atomic mass is 35.5. The number of pyridine rings is 1. The van der Waals surface area contributed by atoms with E-state index in [2.05, 4.69) is 17.2 Å². The van der Waals surface area contributed by atoms with Crippen molar-refractivity contribution < 1.29 is 4.39 Å². The molecule has 2 rings (SSSR count). The molecule has 0 saturated heterocycles. The summed E-state index contributed by atoms with van der Waals surface area (Å²) in [5.41, 5.74) is 2.52. The van der Waals surface area contributed by atoms with Gasteiger partial charge in [-0.2, -0.15) is 0 Å². The molecule has 21 heavy (non-hydrogen) atoms. The number of aryl methyl sites for hydroxylation is 1. The first kappa shape index (κ1) is 16.2. The number of hydrogen-bond donors (Lipinski definition) is 1. The molecule has 0 aliphatic heterocycles. The molecule has 0 aliphatic rings. The second-order valence-corrected chi connectivity index (χ2v) is 5.75. The Hall–Kier alpha value is -1.16. The Labute approximate surface area is 134 Å². The lowest BCUT2D eigenvalue weighted by atomic mass is 9.98. The summed E-state index contributed by atoms with van der Waals surface area (Å²) in [4.78, 5) is 4.35. The highest BCUT2D eigenvalue weighted by Gasteiger charge is 2.20. The van der Waals surface area contributed by atoms with Gasteiger partial charge in [0.25, 0.3) is 0 Å². The summed E-state index contributed by atoms with van der Waals surface area (Å²) >= 11 is 12.2. The van der Waals surface area contributed by atoms with Crippen molar-refractivity contribution in [2.24, 2.45) is 0 Å². The van der Waals surface area contributed by atoms with Crippen LogP contribution in [-0.4, -0.2) is 11.5 Å². The van der Waals surface area contributed by atoms with Crippen LogP contribution in [0.15, 0.2) is 30.5 Å². The average Bonchev–Trinajstić information content (AvgIpc) is 2.42. The van der Waals surface area contributed by atoms with Crippen LogP contribution in [0.3, 0.4) is 0 Å². The van der Waals surface area contributed by atoms with E-state index in [4.69, 9.17) is 23.2 Å². The molecule has 1 aromatic heterocycles. The summed E-state index contributed by atoms with van der Waals surface area (Å²) in [5, 5.41) is 4.40. The molecule has 0 amide bonds. The van der Waals surface area contributed by atoms with Crippen molar-refractivity contribution >= 4 is 23.2 Å². The molecular formula is C16H17Cl2FN2. The highest BCUT2D eigenvalue weighted by Crippen LogP contribution is 2.30. The first-order chi connectivity index (χ1) is 10.0. The van der Waals surface area contributed by atoms with Crippen LogP contribution in [0, 0.1) is 12.7 Å². The van der Waals surface area contributed by atoms with Crippen molar-refractivity contribution in [3.8, 4) is 0 Å². The molecule has 1 unspecified atom stereocenters. The fourth-order valence-electron chi connectivity index (χ4n) is 2.24. The monoisotopic (exact) mass is 326 g/mol. The standard InChI is InChI=1S/C16H17Cl2FN2/c1-3-6-20-15(13-5-4-12(19)7-10(13)2)16-14(18)8-11(17)9-21-16/h4-5,7-9,15,20H,3,6H2,1-2H3. The van der Waals surface area contributed by atoms with Gasteiger partial charge in [0.05, 0.1) is 21.8 Å². The van der Waals surface area contributed by atoms with E-state index in [1.54, 1.807) is 18.3 Å². The van der Waals surface area contributed by atoms with Crippen LogP contribution in [-0.2, 0) is 0 Å². The molecule has 5 heteroatoms. The van der Waals surface area contributed by atoms with Gasteiger partial charge in [0.2, 0.25) is 0 Å². The summed E-state index contributed by atoms with van der Waals surface area (Å²) in [7, 11) is 0. The number of rotatable bonds is 5. The van der Waals surface area contributed by atoms with Gasteiger partial charge in [0.1, 0.15) is 5.82 Å². The van der Waals surface area contributed by atoms with Crippen LogP contribution < -0.4 is 5.32 Å². The SMILES string of the molecule is CCCNC(c1ccc(F)cc1C)c1ncc(Cl)cc1Cl. The minimum atomic E-state index is -0.249. The minimum absolute atomic E-state index is 0.185. The summed E-state index contributed by atoms with van der Waals surface area (Å²) < 4.78 is 13.3. The maximum absolute atomic E-state index is 13.3. The summed E-state index contributed by atoms with van der Waals surface area (Å²) in [5.74, 6) is -0.249. The normalized spacial score (nSPS) is 12.4. The Bertz CT molecular complexity index is 580. The van der Waals surface area contributed by atoms with Crippen molar-refractivity contribution in [3.63, 3.8) is 0 Å². The fraction of sp³-hybridized carbons (Fsp3) is 0.312. The molecule has 0 spiro atoms. The third-order valence-corrected chi connectivity index (χ3v) is 3.76. The van der Waals surface area contributed by atoms with Gasteiger partial charge in [-0.15, -0.1) is 0 Å². The third kappa shape index (κ3) is 3.94. The largest absolute Gasteiger partial charge is 0.305 e. The lowest BCUT2D eigenvalue weighted by Crippen LogP contribution is -2.25. The fourth-order valence-corrected chi connectivity index (χ4v) is 2.73. The zero-order valence-electron chi connectivity index (χ0n) is 12.0. The highest BCUT2D eigenvalue weighted by molar-refractivity contribution is 6.34. The molecule has 2 nitrogen and oxygen atoms in total. The number of nitrogens with one attached hydrogen (secondary N) is 1. The zero-order chi connectivity index (χ0) is 15.4. The van der Waals surface area contributed by atoms with E-state index >= 15 is 0 Å². The molecule has 0 bridgehead atoms. The Balaban J connectivity index is 2.46. The van der Waals surface area contributed by atoms with Crippen LogP contribution in [0.2, 0.25) is 10.0 Å². The lowest BCUT2D eigenvalue weighted by Gasteiger charge is -2.21. The Kier molecular flexibility index (Phi) is 5.57. The van der Waals surface area contributed by atoms with E-state index in [1.165, 1.54) is 12.1 Å². The van der Waals surface area contributed by atoms with Gasteiger partial charge in [0, 0.05) is 6.20 Å². The molecule has 1 aromatic carbocycles. The maximum atomic E-state index is 13.3. The molecule has 112 valence electrons. The molecule has 1 atom stereocenters. The lowest BCUT2D eigenvalue weighted by molar-refractivity contribution is 0.579. The second-order valence-electron chi connectivity index (χ2n) is 4.91. The van der Waals surface area contributed by atoms with Crippen LogP contribution in [0.5, 0.6) is 0 Å². The Morgan fingerprint density at radius 1 is 1.29 bits per heavy atom. The van der Waals surface area contributed by atoms with Crippen LogP contribution in [0.25, 0.3) is 0 Å². The molecule has 2 aromatic rings. The topological polar surface area (TPSA) is 24.9 Å². The average molecular weight is 327 g/mol. The van der Waals surface area contributed by atoms with E-state index in [-0.39, 0.29) is 11.9 Å². The third-order valence-electron chi connectivity index (χ3n) is 3.25. The summed E-state index contributed by atoms with van der Waals surface area (Å²) in [6.07, 6.45) is 2.55. The first-order valence-corrected chi connectivity index (χ1v) is 7.59. The summed E-state index contributed by atoms with van der Waals surface area (Å²) in [6, 6.07) is 6.22. The Morgan fingerprint density at radius 3 is 2.67 bits per heavy atom. The molecule has 0 aliphatic carbocycles. The number of hydrogen-bond acceptors (Lipinski definition) is 2. The summed E-state index contributed by atoms with van der Waals surface area (Å²) in [6.45, 7) is 4.77. The maximum Gasteiger partial charge on any atom is 0.123 e. The van der Waals surface area contributed by atoms with Gasteiger partial charge in [0.15, 0.2) is 0 Å². The molecule has 0 radical (unpaired) electrons. The van der Waals surface area contributed by atoms with Crippen LogP contribution in [0.4, 0.5) is 4.39 Å². The van der Waals surface area contributed by atoms with Crippen molar-refractivity contribution in [2.75, 3.05) is 6.54 Å². The minimum Gasteiger partial charge on any atom is -0.305 e. The first-order valence-electron chi connectivity index (χ1n) is 6.83. The van der Waals surface area contributed by atoms with E-state index in [0.717, 1.165) is 24.1 Å². The number of nitrogens with zero attached hydrogens (tertiary/aromatic N) is 1. The Morgan fingerprint density at radius 2 is 2.05 bits per heavy atom. The van der Waals surface area contributed by atoms with Crippen molar-refractivity contribution in [2.45, 2.75) is 26.3 Å². The number of halogens is 3. The van der Waals surface area contributed by atoms with Crippen LogP contribution in [0.1, 0.15) is 36.2 Å². The molecule has 0 saturated carbocycles. The zero-order valence-corrected chi connectivity index (χ0v) is 13.5. The van der Waals surface area contributed by atoms with Crippen LogP contribution >= 0.6 is 23.2 Å². The molecular weight excluding hydrogens is 310 g/mol. The van der Waals surface area contributed by atoms with Gasteiger partial charge in [-0.3, -0.25) is 4.98 Å². The quantitative estimate of drug-likeness (QED) is 0.843. The van der Waals surface area contributed by atoms with Crippen molar-refractivity contribution in [3.05, 3.63) is 63.1 Å². The van der Waals surface area contributed by atoms with Gasteiger partial charge in [-0.25, -0.2) is 4.39 Å². The van der Waals surface area contributed by atoms with Gasteiger partial charge < -0.3 is 5.32 Å². The number of benzene rings is 1. The molecule has 0 fully saturated rings. The van der Waals surface area contributed by atoms with Gasteiger partial charge in [-0.05, 0) is 49.2 Å². The van der Waals surface area contributed by atoms with Gasteiger partial charge >= 0.3 is 0 Å². The van der Waals surface area contributed by atoms with E-state index in [9.17, 15) is 4.39 Å². The van der Waals surface area contributed by atoms with E-state index in [1.807, 2.05) is 6.92 Å². The molecule has 1 N–H and O–H groups in total. The van der Waals surface area contributed by atoms with Gasteiger partial charge in [-0.1, -0.05) is 36.2 Å².